The first-order valence-electron chi connectivity index (χ1n) is 6.67. The number of rotatable bonds is 2. The second-order valence-corrected chi connectivity index (χ2v) is 4.58. The van der Waals surface area contributed by atoms with E-state index in [2.05, 4.69) is 38.1 Å². The van der Waals surface area contributed by atoms with Crippen LogP contribution in [0.15, 0.2) is 24.4 Å². The maximum absolute atomic E-state index is 5.53. The molecular weight excluding hydrogens is 282 g/mol. The molecule has 6 N–H and O–H groups in total. The molecule has 0 fully saturated rings. The summed E-state index contributed by atoms with van der Waals surface area (Å²) < 4.78 is 5.26. The molecule has 0 radical (unpaired) electrons. The van der Waals surface area contributed by atoms with E-state index in [1.54, 1.807) is 0 Å². The number of fused-ring (bicyclic) bond motifs is 1. The molecule has 2 aliphatic carbocycles. The molecule has 0 aromatic carbocycles. The standard InChI is InChI=1S/C8H8O.C6H7N7/c1-2-9-8-5-6-3-4-7(6)8;7-2-1-10-3-4(8)12-6(9)13-5(3)11-2/h3-5H,2H2,1H3;1H,(H6,7,8,9,11,12,13). The number of anilines is 3. The zero-order chi connectivity index (χ0) is 15.7. The summed E-state index contributed by atoms with van der Waals surface area (Å²) in [5, 5.41) is 2.65. The molecule has 0 unspecified atom stereocenters. The van der Waals surface area contributed by atoms with Gasteiger partial charge in [0.1, 0.15) is 11.6 Å². The molecule has 2 aromatic rings. The van der Waals surface area contributed by atoms with Crippen LogP contribution < -0.4 is 21.9 Å². The summed E-state index contributed by atoms with van der Waals surface area (Å²) in [5.74, 6) is 1.60. The summed E-state index contributed by atoms with van der Waals surface area (Å²) in [5.41, 5.74) is 17.0. The van der Waals surface area contributed by atoms with Crippen molar-refractivity contribution in [3.8, 4) is 5.75 Å². The van der Waals surface area contributed by atoms with Crippen molar-refractivity contribution in [1.82, 2.24) is 19.9 Å². The highest BCUT2D eigenvalue weighted by Gasteiger charge is 2.05. The molecule has 8 heteroatoms. The van der Waals surface area contributed by atoms with Crippen molar-refractivity contribution in [2.45, 2.75) is 6.92 Å². The molecule has 4 rings (SSSR count). The lowest BCUT2D eigenvalue weighted by molar-refractivity contribution is 0.334. The normalized spacial score (nSPS) is 10.8. The molecule has 22 heavy (non-hydrogen) atoms. The summed E-state index contributed by atoms with van der Waals surface area (Å²) in [7, 11) is 0. The van der Waals surface area contributed by atoms with E-state index in [1.165, 1.54) is 16.6 Å². The van der Waals surface area contributed by atoms with E-state index in [-0.39, 0.29) is 17.6 Å². The lowest BCUT2D eigenvalue weighted by Gasteiger charge is -2.10. The van der Waals surface area contributed by atoms with Crippen molar-refractivity contribution in [1.29, 1.82) is 0 Å². The Bertz CT molecular complexity index is 937. The fourth-order valence-electron chi connectivity index (χ4n) is 1.99. The largest absolute Gasteiger partial charge is 0.493 e. The number of nitrogens with zero attached hydrogens (tertiary/aromatic N) is 4. The number of aromatic nitrogens is 4. The first-order chi connectivity index (χ1) is 10.6. The average Bonchev–Trinajstić information content (AvgIpc) is 2.44. The van der Waals surface area contributed by atoms with Crippen molar-refractivity contribution in [2.24, 2.45) is 0 Å². The van der Waals surface area contributed by atoms with Gasteiger partial charge in [-0.3, -0.25) is 0 Å². The quantitative estimate of drug-likeness (QED) is 0.495. The van der Waals surface area contributed by atoms with Crippen LogP contribution >= 0.6 is 0 Å². The van der Waals surface area contributed by atoms with E-state index in [4.69, 9.17) is 21.9 Å². The minimum atomic E-state index is 0.0601. The van der Waals surface area contributed by atoms with Gasteiger partial charge in [0, 0.05) is 5.22 Å². The fraction of sp³-hybridized carbons (Fsp3) is 0.143. The molecule has 112 valence electrons. The van der Waals surface area contributed by atoms with Gasteiger partial charge in [0.15, 0.2) is 17.0 Å². The second kappa shape index (κ2) is 5.32. The van der Waals surface area contributed by atoms with Gasteiger partial charge in [-0.1, -0.05) is 12.1 Å². The van der Waals surface area contributed by atoms with Crippen LogP contribution in [0, 0.1) is 10.4 Å². The minimum Gasteiger partial charge on any atom is -0.493 e. The van der Waals surface area contributed by atoms with Crippen LogP contribution in [0.25, 0.3) is 11.2 Å². The Balaban J connectivity index is 0.000000139. The number of ether oxygens (including phenoxy) is 1. The van der Waals surface area contributed by atoms with E-state index in [0.29, 0.717) is 11.2 Å². The molecule has 2 heterocycles. The van der Waals surface area contributed by atoms with Crippen molar-refractivity contribution in [3.63, 3.8) is 0 Å². The van der Waals surface area contributed by atoms with Crippen LogP contribution in [0.1, 0.15) is 6.92 Å². The van der Waals surface area contributed by atoms with E-state index in [9.17, 15) is 0 Å². The SMILES string of the molecule is CCOc1cc2ccc1=2.Nc1cnc2c(N)nc(N)nc2n1. The average molecular weight is 297 g/mol. The summed E-state index contributed by atoms with van der Waals surface area (Å²) in [6, 6.07) is 6.25. The van der Waals surface area contributed by atoms with Gasteiger partial charge in [-0.25, -0.2) is 9.97 Å². The summed E-state index contributed by atoms with van der Waals surface area (Å²) in [6.45, 7) is 2.78. The lowest BCUT2D eigenvalue weighted by Crippen LogP contribution is -2.04. The third-order valence-corrected chi connectivity index (χ3v) is 3.06. The Morgan fingerprint density at radius 2 is 1.91 bits per heavy atom. The number of nitrogens with two attached hydrogens (primary N) is 3. The van der Waals surface area contributed by atoms with Crippen molar-refractivity contribution < 1.29 is 4.74 Å². The Hall–Kier alpha value is -3.16. The van der Waals surface area contributed by atoms with Gasteiger partial charge in [-0.2, -0.15) is 9.97 Å². The van der Waals surface area contributed by atoms with Gasteiger partial charge in [0.25, 0.3) is 0 Å². The first-order valence-corrected chi connectivity index (χ1v) is 6.67. The molecule has 8 nitrogen and oxygen atoms in total. The predicted molar refractivity (Wildman–Crippen MR) is 83.6 cm³/mol. The molecule has 0 saturated heterocycles. The third kappa shape index (κ3) is 2.41. The first kappa shape index (κ1) is 13.8. The van der Waals surface area contributed by atoms with Crippen LogP contribution in [0.3, 0.4) is 0 Å². The number of nitrogen functional groups attached to an aromatic ring is 3. The molecule has 2 aromatic heterocycles. The Morgan fingerprint density at radius 3 is 2.50 bits per heavy atom. The molecule has 0 bridgehead atoms. The van der Waals surface area contributed by atoms with Crippen LogP contribution in [-0.2, 0) is 0 Å². The van der Waals surface area contributed by atoms with Crippen molar-refractivity contribution in [2.75, 3.05) is 23.8 Å². The molecule has 0 amide bonds. The van der Waals surface area contributed by atoms with Crippen molar-refractivity contribution in [3.05, 3.63) is 34.8 Å². The molecule has 0 aliphatic heterocycles. The zero-order valence-electron chi connectivity index (χ0n) is 11.9. The second-order valence-electron chi connectivity index (χ2n) is 4.58. The maximum Gasteiger partial charge on any atom is 0.224 e. The van der Waals surface area contributed by atoms with Crippen molar-refractivity contribution >= 4 is 28.7 Å². The zero-order valence-corrected chi connectivity index (χ0v) is 11.9. The van der Waals surface area contributed by atoms with Gasteiger partial charge in [0.05, 0.1) is 12.8 Å². The van der Waals surface area contributed by atoms with Gasteiger partial charge < -0.3 is 21.9 Å². The smallest absolute Gasteiger partial charge is 0.224 e. The topological polar surface area (TPSA) is 139 Å². The fourth-order valence-corrected chi connectivity index (χ4v) is 1.99. The minimum absolute atomic E-state index is 0.0601. The Kier molecular flexibility index (Phi) is 3.34. The molecule has 2 aliphatic rings. The third-order valence-electron chi connectivity index (χ3n) is 3.06. The van der Waals surface area contributed by atoms with E-state index >= 15 is 0 Å². The number of benzene rings is 1. The van der Waals surface area contributed by atoms with Gasteiger partial charge in [0.2, 0.25) is 5.95 Å². The molecular formula is C14H15N7O. The van der Waals surface area contributed by atoms with E-state index in [1.807, 2.05) is 6.92 Å². The highest BCUT2D eigenvalue weighted by Crippen LogP contribution is 2.23. The van der Waals surface area contributed by atoms with Crippen LogP contribution in [0.5, 0.6) is 5.75 Å². The van der Waals surface area contributed by atoms with Crippen LogP contribution in [0.2, 0.25) is 0 Å². The number of hydrogen-bond acceptors (Lipinski definition) is 8. The summed E-state index contributed by atoms with van der Waals surface area (Å²) >= 11 is 0. The summed E-state index contributed by atoms with van der Waals surface area (Å²) in [4.78, 5) is 15.4. The van der Waals surface area contributed by atoms with Crippen LogP contribution in [-0.4, -0.2) is 26.5 Å². The Morgan fingerprint density at radius 1 is 1.09 bits per heavy atom. The highest BCUT2D eigenvalue weighted by molar-refractivity contribution is 5.82. The van der Waals surface area contributed by atoms with Gasteiger partial charge >= 0.3 is 0 Å². The predicted octanol–water partition coefficient (Wildman–Crippen LogP) is 0.852. The van der Waals surface area contributed by atoms with Crippen LogP contribution in [0.4, 0.5) is 17.6 Å². The van der Waals surface area contributed by atoms with Gasteiger partial charge in [-0.05, 0) is 18.2 Å². The van der Waals surface area contributed by atoms with E-state index in [0.717, 1.165) is 12.4 Å². The molecule has 0 spiro atoms. The number of hydrogen-bond donors (Lipinski definition) is 3. The Labute approximate surface area is 125 Å². The maximum atomic E-state index is 5.53. The molecule has 0 saturated carbocycles. The monoisotopic (exact) mass is 297 g/mol. The molecule has 0 atom stereocenters. The lowest BCUT2D eigenvalue weighted by atomic mass is 10.1. The highest BCUT2D eigenvalue weighted by atomic mass is 16.5. The van der Waals surface area contributed by atoms with E-state index < -0.39 is 0 Å². The summed E-state index contributed by atoms with van der Waals surface area (Å²) in [6.07, 6.45) is 1.39. The van der Waals surface area contributed by atoms with Gasteiger partial charge in [-0.15, -0.1) is 0 Å².